The van der Waals surface area contributed by atoms with E-state index in [2.05, 4.69) is 13.8 Å². The van der Waals surface area contributed by atoms with Crippen molar-refractivity contribution in [3.8, 4) is 0 Å². The van der Waals surface area contributed by atoms with Gasteiger partial charge in [0.1, 0.15) is 0 Å². The maximum atomic E-state index is 12.0. The van der Waals surface area contributed by atoms with Gasteiger partial charge in [-0.3, -0.25) is 9.59 Å². The van der Waals surface area contributed by atoms with Gasteiger partial charge in [0.15, 0.2) is 0 Å². The minimum atomic E-state index is -0.785. The summed E-state index contributed by atoms with van der Waals surface area (Å²) in [7, 11) is 0. The summed E-state index contributed by atoms with van der Waals surface area (Å²) in [4.78, 5) is 24.2. The molecule has 0 rings (SSSR count). The number of amides is 1. The molecule has 0 radical (unpaired) electrons. The average molecular weight is 257 g/mol. The van der Waals surface area contributed by atoms with Gasteiger partial charge in [-0.1, -0.05) is 26.7 Å². The summed E-state index contributed by atoms with van der Waals surface area (Å²) in [6.45, 7) is 7.88. The predicted octanol–water partition coefficient (Wildman–Crippen LogP) is 2.92. The topological polar surface area (TPSA) is 57.6 Å². The van der Waals surface area contributed by atoms with Gasteiger partial charge >= 0.3 is 5.97 Å². The first kappa shape index (κ1) is 16.9. The lowest BCUT2D eigenvalue weighted by atomic mass is 10.0. The fourth-order valence-corrected chi connectivity index (χ4v) is 1.98. The van der Waals surface area contributed by atoms with Crippen molar-refractivity contribution in [3.05, 3.63) is 0 Å². The monoisotopic (exact) mass is 257 g/mol. The normalized spacial score (nSPS) is 10.7. The molecule has 0 fully saturated rings. The molecular formula is C14H27NO3. The molecule has 1 N–H and O–H groups in total. The third-order valence-corrected chi connectivity index (χ3v) is 3.40. The van der Waals surface area contributed by atoms with Gasteiger partial charge in [-0.05, 0) is 25.7 Å². The summed E-state index contributed by atoms with van der Waals surface area (Å²) in [5.74, 6) is -0.0467. The third-order valence-electron chi connectivity index (χ3n) is 3.40. The molecule has 0 aliphatic carbocycles. The van der Waals surface area contributed by atoms with Crippen molar-refractivity contribution >= 4 is 11.9 Å². The first-order valence-corrected chi connectivity index (χ1v) is 7.04. The largest absolute Gasteiger partial charge is 0.481 e. The van der Waals surface area contributed by atoms with E-state index in [1.807, 2.05) is 11.8 Å². The van der Waals surface area contributed by atoms with Gasteiger partial charge in [0, 0.05) is 25.9 Å². The fourth-order valence-electron chi connectivity index (χ4n) is 1.98. The molecule has 106 valence electrons. The van der Waals surface area contributed by atoms with Crippen molar-refractivity contribution in [2.75, 3.05) is 13.1 Å². The molecule has 1 amide bonds. The highest BCUT2D eigenvalue weighted by Gasteiger charge is 2.15. The first-order valence-electron chi connectivity index (χ1n) is 7.04. The minimum Gasteiger partial charge on any atom is -0.481 e. The Bertz CT molecular complexity index is 249. The molecule has 0 aromatic rings. The molecule has 0 aliphatic rings. The highest BCUT2D eigenvalue weighted by atomic mass is 16.4. The molecule has 0 bridgehead atoms. The molecule has 0 saturated carbocycles. The standard InChI is InChI=1S/C14H27NO3/c1-4-12(5-2)11-15(6-3)13(16)9-7-8-10-14(17)18/h12H,4-11H2,1-3H3,(H,17,18). The number of aliphatic carboxylic acids is 1. The van der Waals surface area contributed by atoms with Crippen molar-refractivity contribution in [2.45, 2.75) is 59.3 Å². The maximum absolute atomic E-state index is 12.0. The Labute approximate surface area is 110 Å². The van der Waals surface area contributed by atoms with Gasteiger partial charge in [-0.15, -0.1) is 0 Å². The number of carbonyl (C=O) groups is 2. The molecule has 0 aliphatic heterocycles. The summed E-state index contributed by atoms with van der Waals surface area (Å²) < 4.78 is 0. The van der Waals surface area contributed by atoms with Crippen LogP contribution < -0.4 is 0 Å². The van der Waals surface area contributed by atoms with Crippen molar-refractivity contribution in [3.63, 3.8) is 0 Å². The zero-order valence-corrected chi connectivity index (χ0v) is 11.9. The average Bonchev–Trinajstić information content (AvgIpc) is 2.35. The summed E-state index contributed by atoms with van der Waals surface area (Å²) in [6.07, 6.45) is 4.08. The first-order chi connectivity index (χ1) is 8.54. The SMILES string of the molecule is CCC(CC)CN(CC)C(=O)CCCCC(=O)O. The van der Waals surface area contributed by atoms with Gasteiger partial charge in [0.25, 0.3) is 0 Å². The number of carbonyl (C=O) groups excluding carboxylic acids is 1. The van der Waals surface area contributed by atoms with Gasteiger partial charge in [0.2, 0.25) is 5.91 Å². The van der Waals surface area contributed by atoms with Crippen LogP contribution in [-0.2, 0) is 9.59 Å². The van der Waals surface area contributed by atoms with Crippen LogP contribution in [-0.4, -0.2) is 35.0 Å². The number of unbranched alkanes of at least 4 members (excludes halogenated alkanes) is 1. The van der Waals surface area contributed by atoms with Crippen molar-refractivity contribution in [1.82, 2.24) is 4.90 Å². The van der Waals surface area contributed by atoms with E-state index in [1.165, 1.54) is 0 Å². The molecular weight excluding hydrogens is 230 g/mol. The molecule has 0 saturated heterocycles. The van der Waals surface area contributed by atoms with Crippen LogP contribution in [0.5, 0.6) is 0 Å². The lowest BCUT2D eigenvalue weighted by Crippen LogP contribution is -2.34. The second-order valence-corrected chi connectivity index (χ2v) is 4.72. The number of nitrogens with zero attached hydrogens (tertiary/aromatic N) is 1. The van der Waals surface area contributed by atoms with Gasteiger partial charge in [-0.2, -0.15) is 0 Å². The van der Waals surface area contributed by atoms with E-state index >= 15 is 0 Å². The molecule has 0 aromatic carbocycles. The molecule has 0 unspecified atom stereocenters. The van der Waals surface area contributed by atoms with Gasteiger partial charge in [-0.25, -0.2) is 0 Å². The van der Waals surface area contributed by atoms with E-state index in [9.17, 15) is 9.59 Å². The van der Waals surface area contributed by atoms with E-state index in [1.54, 1.807) is 0 Å². The number of hydrogen-bond donors (Lipinski definition) is 1. The van der Waals surface area contributed by atoms with Crippen LogP contribution in [0.2, 0.25) is 0 Å². The van der Waals surface area contributed by atoms with Crippen LogP contribution in [0.1, 0.15) is 59.3 Å². The second kappa shape index (κ2) is 9.92. The third kappa shape index (κ3) is 7.30. The van der Waals surface area contributed by atoms with Crippen LogP contribution in [0.15, 0.2) is 0 Å². The Morgan fingerprint density at radius 2 is 1.61 bits per heavy atom. The van der Waals surface area contributed by atoms with E-state index in [4.69, 9.17) is 5.11 Å². The highest BCUT2D eigenvalue weighted by molar-refractivity contribution is 5.76. The lowest BCUT2D eigenvalue weighted by molar-refractivity contribution is -0.137. The number of carboxylic acid groups (broad SMARTS) is 1. The van der Waals surface area contributed by atoms with Crippen molar-refractivity contribution in [2.24, 2.45) is 5.92 Å². The van der Waals surface area contributed by atoms with Crippen molar-refractivity contribution < 1.29 is 14.7 Å². The van der Waals surface area contributed by atoms with Crippen LogP contribution in [0, 0.1) is 5.92 Å². The molecule has 18 heavy (non-hydrogen) atoms. The Hall–Kier alpha value is -1.06. The van der Waals surface area contributed by atoms with Crippen LogP contribution in [0.3, 0.4) is 0 Å². The number of hydrogen-bond acceptors (Lipinski definition) is 2. The van der Waals surface area contributed by atoms with E-state index < -0.39 is 5.97 Å². The zero-order chi connectivity index (χ0) is 14.0. The predicted molar refractivity (Wildman–Crippen MR) is 72.4 cm³/mol. The zero-order valence-electron chi connectivity index (χ0n) is 11.9. The molecule has 0 atom stereocenters. The fraction of sp³-hybridized carbons (Fsp3) is 0.857. The lowest BCUT2D eigenvalue weighted by Gasteiger charge is -2.25. The Balaban J connectivity index is 3.98. The maximum Gasteiger partial charge on any atom is 0.303 e. The van der Waals surface area contributed by atoms with Gasteiger partial charge in [0.05, 0.1) is 0 Å². The van der Waals surface area contributed by atoms with Crippen molar-refractivity contribution in [1.29, 1.82) is 0 Å². The van der Waals surface area contributed by atoms with Crippen LogP contribution in [0.25, 0.3) is 0 Å². The molecule has 0 spiro atoms. The van der Waals surface area contributed by atoms with E-state index in [0.29, 0.717) is 25.2 Å². The molecule has 4 heteroatoms. The summed E-state index contributed by atoms with van der Waals surface area (Å²) in [6, 6.07) is 0. The second-order valence-electron chi connectivity index (χ2n) is 4.72. The molecule has 0 aromatic heterocycles. The quantitative estimate of drug-likeness (QED) is 0.612. The number of carboxylic acids is 1. The molecule has 4 nitrogen and oxygen atoms in total. The number of rotatable bonds is 10. The summed E-state index contributed by atoms with van der Waals surface area (Å²) >= 11 is 0. The minimum absolute atomic E-state index is 0.159. The van der Waals surface area contributed by atoms with Crippen LogP contribution in [0.4, 0.5) is 0 Å². The Morgan fingerprint density at radius 1 is 1.06 bits per heavy atom. The van der Waals surface area contributed by atoms with E-state index in [-0.39, 0.29) is 12.3 Å². The Kier molecular flexibility index (Phi) is 9.33. The Morgan fingerprint density at radius 3 is 2.06 bits per heavy atom. The van der Waals surface area contributed by atoms with E-state index in [0.717, 1.165) is 25.9 Å². The smallest absolute Gasteiger partial charge is 0.303 e. The van der Waals surface area contributed by atoms with Crippen LogP contribution >= 0.6 is 0 Å². The van der Waals surface area contributed by atoms with Gasteiger partial charge < -0.3 is 10.0 Å². The highest BCUT2D eigenvalue weighted by Crippen LogP contribution is 2.12. The summed E-state index contributed by atoms with van der Waals surface area (Å²) in [5.41, 5.74) is 0. The summed E-state index contributed by atoms with van der Waals surface area (Å²) in [5, 5.41) is 8.52. The molecule has 0 heterocycles.